The van der Waals surface area contributed by atoms with Gasteiger partial charge in [0.2, 0.25) is 0 Å². The lowest BCUT2D eigenvalue weighted by Gasteiger charge is -2.11. The quantitative estimate of drug-likeness (QED) is 0.576. The van der Waals surface area contributed by atoms with E-state index >= 15 is 0 Å². The van der Waals surface area contributed by atoms with Crippen molar-refractivity contribution < 1.29 is 4.79 Å². The number of H-pyrrole nitrogens is 1. The van der Waals surface area contributed by atoms with Crippen LogP contribution in [-0.4, -0.2) is 21.3 Å². The Hall–Kier alpha value is -2.54. The second-order valence-corrected chi connectivity index (χ2v) is 7.42. The molecule has 118 valence electrons. The maximum Gasteiger partial charge on any atom is 0.261 e. The number of carbonyl (C=O) groups is 1. The number of hydrogen-bond donors (Lipinski definition) is 3. The van der Waals surface area contributed by atoms with Gasteiger partial charge in [0.05, 0.1) is 10.4 Å². The van der Waals surface area contributed by atoms with E-state index in [4.69, 9.17) is 11.5 Å². The molecule has 0 bridgehead atoms. The number of fused-ring (bicyclic) bond motifs is 1. The van der Waals surface area contributed by atoms with Crippen LogP contribution in [0.15, 0.2) is 45.1 Å². The summed E-state index contributed by atoms with van der Waals surface area (Å²) in [5, 5.41) is 0. The molecular formula is C16H16N4O2S. The Morgan fingerprint density at radius 2 is 2.00 bits per heavy atom. The molecule has 1 aliphatic heterocycles. The summed E-state index contributed by atoms with van der Waals surface area (Å²) in [6.45, 7) is 3.78. The number of aliphatic imine (C=N–C) groups is 1. The van der Waals surface area contributed by atoms with Crippen LogP contribution in [0.3, 0.4) is 0 Å². The van der Waals surface area contributed by atoms with E-state index in [2.05, 4.69) is 9.98 Å². The molecular weight excluding hydrogens is 312 g/mol. The van der Waals surface area contributed by atoms with Crippen LogP contribution in [0.4, 0.5) is 11.4 Å². The molecule has 2 aromatic rings. The average molecular weight is 328 g/mol. The van der Waals surface area contributed by atoms with Crippen LogP contribution in [0.5, 0.6) is 0 Å². The summed E-state index contributed by atoms with van der Waals surface area (Å²) >= 11 is 1.53. The molecule has 6 nitrogen and oxygen atoms in total. The van der Waals surface area contributed by atoms with Gasteiger partial charge in [-0.2, -0.15) is 0 Å². The molecule has 0 spiro atoms. The van der Waals surface area contributed by atoms with Crippen LogP contribution in [0, 0.1) is 0 Å². The van der Waals surface area contributed by atoms with Crippen LogP contribution in [0.25, 0.3) is 0 Å². The third-order valence-corrected chi connectivity index (χ3v) is 4.89. The van der Waals surface area contributed by atoms with Crippen molar-refractivity contribution >= 4 is 34.8 Å². The van der Waals surface area contributed by atoms with Gasteiger partial charge in [0.25, 0.3) is 5.56 Å². The number of pyridine rings is 1. The van der Waals surface area contributed by atoms with Gasteiger partial charge in [0, 0.05) is 22.3 Å². The Morgan fingerprint density at radius 1 is 1.26 bits per heavy atom. The number of benzene rings is 1. The second kappa shape index (κ2) is 5.27. The smallest absolute Gasteiger partial charge is 0.261 e. The number of aromatic nitrogens is 1. The van der Waals surface area contributed by atoms with Gasteiger partial charge >= 0.3 is 0 Å². The predicted molar refractivity (Wildman–Crippen MR) is 92.6 cm³/mol. The molecule has 1 aliphatic rings. The number of aromatic amines is 1. The summed E-state index contributed by atoms with van der Waals surface area (Å²) in [5.74, 6) is 0.0758. The molecule has 0 saturated carbocycles. The Labute approximate surface area is 137 Å². The summed E-state index contributed by atoms with van der Waals surface area (Å²) in [4.78, 5) is 31.9. The first-order chi connectivity index (χ1) is 10.8. The SMILES string of the molecule is CC1(C)Sc2ccc(N=C(N)c3c(N)cc[nH]c3=O)cc2C1=O. The zero-order chi connectivity index (χ0) is 16.8. The zero-order valence-electron chi connectivity index (χ0n) is 12.7. The van der Waals surface area contributed by atoms with Gasteiger partial charge in [-0.15, -0.1) is 11.8 Å². The van der Waals surface area contributed by atoms with Gasteiger partial charge in [-0.05, 0) is 38.1 Å². The molecule has 7 heteroatoms. The summed E-state index contributed by atoms with van der Waals surface area (Å²) in [7, 11) is 0. The van der Waals surface area contributed by atoms with Crippen LogP contribution >= 0.6 is 11.8 Å². The topological polar surface area (TPSA) is 114 Å². The Bertz CT molecular complexity index is 899. The number of nitrogens with one attached hydrogen (secondary N) is 1. The number of carbonyl (C=O) groups excluding carboxylic acids is 1. The van der Waals surface area contributed by atoms with Crippen LogP contribution in [0.2, 0.25) is 0 Å². The third-order valence-electron chi connectivity index (χ3n) is 3.62. The normalized spacial score (nSPS) is 16.4. The van der Waals surface area contributed by atoms with Crippen molar-refractivity contribution in [2.75, 3.05) is 5.73 Å². The van der Waals surface area contributed by atoms with Gasteiger partial charge in [-0.25, -0.2) is 4.99 Å². The first-order valence-corrected chi connectivity index (χ1v) is 7.81. The minimum Gasteiger partial charge on any atom is -0.398 e. The fraction of sp³-hybridized carbons (Fsp3) is 0.188. The Morgan fingerprint density at radius 3 is 2.70 bits per heavy atom. The van der Waals surface area contributed by atoms with E-state index in [1.807, 2.05) is 19.9 Å². The molecule has 2 heterocycles. The van der Waals surface area contributed by atoms with Gasteiger partial charge < -0.3 is 16.5 Å². The van der Waals surface area contributed by atoms with Gasteiger partial charge in [-0.3, -0.25) is 9.59 Å². The molecule has 0 saturated heterocycles. The van der Waals surface area contributed by atoms with Crippen molar-refractivity contribution in [2.24, 2.45) is 10.7 Å². The lowest BCUT2D eigenvalue weighted by Crippen LogP contribution is -2.25. The maximum absolute atomic E-state index is 12.4. The number of Topliss-reactive ketones (excluding diaryl/α,β-unsaturated/α-hetero) is 1. The Kier molecular flexibility index (Phi) is 3.52. The van der Waals surface area contributed by atoms with Gasteiger partial charge in [0.15, 0.2) is 5.78 Å². The number of rotatable bonds is 2. The number of nitrogen functional groups attached to an aromatic ring is 1. The number of nitrogens with two attached hydrogens (primary N) is 2. The molecule has 0 amide bonds. The number of ketones is 1. The lowest BCUT2D eigenvalue weighted by atomic mass is 10.0. The monoisotopic (exact) mass is 328 g/mol. The molecule has 0 aliphatic carbocycles. The fourth-order valence-corrected chi connectivity index (χ4v) is 3.60. The number of nitrogens with zero attached hydrogens (tertiary/aromatic N) is 1. The van der Waals surface area contributed by atoms with Crippen LogP contribution in [-0.2, 0) is 0 Å². The van der Waals surface area contributed by atoms with E-state index in [1.165, 1.54) is 18.0 Å². The second-order valence-electron chi connectivity index (χ2n) is 5.76. The Balaban J connectivity index is 2.04. The molecule has 23 heavy (non-hydrogen) atoms. The van der Waals surface area contributed by atoms with Gasteiger partial charge in [0.1, 0.15) is 11.4 Å². The molecule has 1 aromatic heterocycles. The summed E-state index contributed by atoms with van der Waals surface area (Å²) < 4.78 is -0.475. The zero-order valence-corrected chi connectivity index (χ0v) is 13.5. The minimum atomic E-state index is -0.475. The van der Waals surface area contributed by atoms with Crippen molar-refractivity contribution in [3.05, 3.63) is 51.9 Å². The number of anilines is 1. The third kappa shape index (κ3) is 2.63. The molecule has 0 radical (unpaired) electrons. The number of amidine groups is 1. The highest BCUT2D eigenvalue weighted by Gasteiger charge is 2.38. The number of thioether (sulfide) groups is 1. The molecule has 5 N–H and O–H groups in total. The minimum absolute atomic E-state index is 0.0154. The van der Waals surface area contributed by atoms with Crippen molar-refractivity contribution in [2.45, 2.75) is 23.5 Å². The van der Waals surface area contributed by atoms with Crippen LogP contribution < -0.4 is 17.0 Å². The molecule has 3 rings (SSSR count). The standard InChI is InChI=1S/C16H16N4O2S/c1-16(2)13(21)9-7-8(3-4-11(9)23-16)20-14(18)12-10(17)5-6-19-15(12)22/h3-7H,1-2H3,(H2,18,20)(H3,17,19,22). The maximum atomic E-state index is 12.4. The molecule has 0 atom stereocenters. The molecule has 0 unspecified atom stereocenters. The van der Waals surface area contributed by atoms with E-state index in [0.717, 1.165) is 4.90 Å². The highest BCUT2D eigenvalue weighted by atomic mass is 32.2. The summed E-state index contributed by atoms with van der Waals surface area (Å²) in [6, 6.07) is 6.85. The molecule has 1 aromatic carbocycles. The number of hydrogen-bond acceptors (Lipinski definition) is 5. The fourth-order valence-electron chi connectivity index (χ4n) is 2.45. The van der Waals surface area contributed by atoms with Crippen molar-refractivity contribution in [3.63, 3.8) is 0 Å². The first kappa shape index (κ1) is 15.4. The van der Waals surface area contributed by atoms with Crippen molar-refractivity contribution in [3.8, 4) is 0 Å². The van der Waals surface area contributed by atoms with Crippen molar-refractivity contribution in [1.29, 1.82) is 0 Å². The molecule has 0 fully saturated rings. The highest BCUT2D eigenvalue weighted by Crippen LogP contribution is 2.45. The average Bonchev–Trinajstić information content (AvgIpc) is 2.69. The van der Waals surface area contributed by atoms with E-state index in [0.29, 0.717) is 11.3 Å². The van der Waals surface area contributed by atoms with Crippen molar-refractivity contribution in [1.82, 2.24) is 4.98 Å². The highest BCUT2D eigenvalue weighted by molar-refractivity contribution is 8.02. The lowest BCUT2D eigenvalue weighted by molar-refractivity contribution is 0.0961. The van der Waals surface area contributed by atoms with E-state index in [9.17, 15) is 9.59 Å². The predicted octanol–water partition coefficient (Wildman–Crippen LogP) is 2.06. The van der Waals surface area contributed by atoms with E-state index in [-0.39, 0.29) is 22.9 Å². The van der Waals surface area contributed by atoms with Gasteiger partial charge in [-0.1, -0.05) is 0 Å². The van der Waals surface area contributed by atoms with E-state index < -0.39 is 10.3 Å². The van der Waals surface area contributed by atoms with E-state index in [1.54, 1.807) is 18.2 Å². The van der Waals surface area contributed by atoms with Crippen LogP contribution in [0.1, 0.15) is 29.8 Å². The first-order valence-electron chi connectivity index (χ1n) is 6.99. The summed E-state index contributed by atoms with van der Waals surface area (Å²) in [6.07, 6.45) is 1.45. The summed E-state index contributed by atoms with van der Waals surface area (Å²) in [5.41, 5.74) is 12.8. The largest absolute Gasteiger partial charge is 0.398 e.